The van der Waals surface area contributed by atoms with E-state index in [9.17, 15) is 9.59 Å². The molecule has 2 N–H and O–H groups in total. The smallest absolute Gasteiger partial charge is 0.337 e. The molecular formula is C14H14O4. The quantitative estimate of drug-likeness (QED) is 0.783. The van der Waals surface area contributed by atoms with Crippen LogP contribution in [0.3, 0.4) is 0 Å². The molecule has 4 nitrogen and oxygen atoms in total. The van der Waals surface area contributed by atoms with Crippen LogP contribution < -0.4 is 0 Å². The summed E-state index contributed by atoms with van der Waals surface area (Å²) in [5.41, 5.74) is -0.0153. The second kappa shape index (κ2) is 6.39. The zero-order valence-corrected chi connectivity index (χ0v) is 9.96. The lowest BCUT2D eigenvalue weighted by molar-refractivity contribution is 0.0651. The first-order valence-corrected chi connectivity index (χ1v) is 5.50. The molecule has 94 valence electrons. The Balaban J connectivity index is 3.23. The Labute approximate surface area is 105 Å². The van der Waals surface area contributed by atoms with E-state index in [2.05, 4.69) is 0 Å². The standard InChI is InChI=1S/C14H14O4/c1-2-3-4-5-7-10-8-6-9-11(13(15)16)12(10)14(17)18/h3-9H,2H2,1H3,(H,15,16)(H,17,18). The van der Waals surface area contributed by atoms with Gasteiger partial charge in [0.2, 0.25) is 0 Å². The van der Waals surface area contributed by atoms with Gasteiger partial charge >= 0.3 is 11.9 Å². The molecule has 4 heteroatoms. The Hall–Kier alpha value is -2.36. The number of hydrogen-bond acceptors (Lipinski definition) is 2. The van der Waals surface area contributed by atoms with Crippen molar-refractivity contribution in [2.24, 2.45) is 0 Å². The minimum absolute atomic E-state index is 0.189. The molecule has 0 aliphatic carbocycles. The molecule has 0 aromatic heterocycles. The van der Waals surface area contributed by atoms with Crippen LogP contribution in [0, 0.1) is 0 Å². The molecule has 0 radical (unpaired) electrons. The highest BCUT2D eigenvalue weighted by molar-refractivity contribution is 6.04. The maximum atomic E-state index is 11.1. The summed E-state index contributed by atoms with van der Waals surface area (Å²) >= 11 is 0. The van der Waals surface area contributed by atoms with Gasteiger partial charge in [-0.05, 0) is 18.1 Å². The predicted octanol–water partition coefficient (Wildman–Crippen LogP) is 3.06. The van der Waals surface area contributed by atoms with Crippen LogP contribution in [0.1, 0.15) is 39.6 Å². The van der Waals surface area contributed by atoms with Crippen LogP contribution in [0.25, 0.3) is 6.08 Å². The Kier molecular flexibility index (Phi) is 4.87. The molecule has 0 fully saturated rings. The van der Waals surface area contributed by atoms with Gasteiger partial charge in [0.05, 0.1) is 11.1 Å². The molecule has 0 spiro atoms. The summed E-state index contributed by atoms with van der Waals surface area (Å²) in [4.78, 5) is 22.1. The number of carbonyl (C=O) groups is 2. The highest BCUT2D eigenvalue weighted by Crippen LogP contribution is 2.17. The maximum absolute atomic E-state index is 11.1. The van der Waals surface area contributed by atoms with Gasteiger partial charge in [-0.1, -0.05) is 43.4 Å². The average molecular weight is 246 g/mol. The van der Waals surface area contributed by atoms with E-state index in [4.69, 9.17) is 10.2 Å². The number of hydrogen-bond donors (Lipinski definition) is 2. The molecular weight excluding hydrogens is 232 g/mol. The molecule has 0 bridgehead atoms. The number of carboxylic acids is 2. The van der Waals surface area contributed by atoms with Crippen molar-refractivity contribution in [3.63, 3.8) is 0 Å². The van der Waals surface area contributed by atoms with Crippen LogP contribution in [0.4, 0.5) is 0 Å². The first-order valence-electron chi connectivity index (χ1n) is 5.50. The van der Waals surface area contributed by atoms with Gasteiger partial charge in [-0.25, -0.2) is 9.59 Å². The number of allylic oxidation sites excluding steroid dienone is 3. The van der Waals surface area contributed by atoms with Gasteiger partial charge in [0.1, 0.15) is 0 Å². The first-order chi connectivity index (χ1) is 8.57. The van der Waals surface area contributed by atoms with Crippen LogP contribution >= 0.6 is 0 Å². The third-order valence-electron chi connectivity index (χ3n) is 2.30. The Morgan fingerprint density at radius 1 is 1.17 bits per heavy atom. The van der Waals surface area contributed by atoms with E-state index in [1.54, 1.807) is 24.3 Å². The Bertz CT molecular complexity index is 513. The van der Waals surface area contributed by atoms with Crippen molar-refractivity contribution >= 4 is 18.0 Å². The minimum atomic E-state index is -1.24. The van der Waals surface area contributed by atoms with Gasteiger partial charge in [-0.2, -0.15) is 0 Å². The molecule has 0 saturated heterocycles. The van der Waals surface area contributed by atoms with Crippen LogP contribution in [0.5, 0.6) is 0 Å². The highest BCUT2D eigenvalue weighted by Gasteiger charge is 2.18. The van der Waals surface area contributed by atoms with Crippen LogP contribution in [-0.2, 0) is 0 Å². The van der Waals surface area contributed by atoms with Crippen LogP contribution in [0.2, 0.25) is 0 Å². The zero-order valence-electron chi connectivity index (χ0n) is 9.96. The monoisotopic (exact) mass is 246 g/mol. The van der Waals surface area contributed by atoms with E-state index < -0.39 is 11.9 Å². The summed E-state index contributed by atoms with van der Waals surface area (Å²) < 4.78 is 0. The summed E-state index contributed by atoms with van der Waals surface area (Å²) in [6.07, 6.45) is 7.86. The topological polar surface area (TPSA) is 74.6 Å². The predicted molar refractivity (Wildman–Crippen MR) is 68.8 cm³/mol. The van der Waals surface area contributed by atoms with Crippen molar-refractivity contribution in [3.05, 3.63) is 53.1 Å². The summed E-state index contributed by atoms with van der Waals surface area (Å²) in [6, 6.07) is 4.39. The Morgan fingerprint density at radius 3 is 2.44 bits per heavy atom. The van der Waals surface area contributed by atoms with Gasteiger partial charge in [0.15, 0.2) is 0 Å². The number of carboxylic acid groups (broad SMARTS) is 2. The summed E-state index contributed by atoms with van der Waals surface area (Å²) in [5, 5.41) is 18.0. The number of rotatable bonds is 5. The third kappa shape index (κ3) is 3.31. The fourth-order valence-corrected chi connectivity index (χ4v) is 1.50. The van der Waals surface area contributed by atoms with Crippen molar-refractivity contribution in [2.45, 2.75) is 13.3 Å². The van der Waals surface area contributed by atoms with Gasteiger partial charge in [0.25, 0.3) is 0 Å². The van der Waals surface area contributed by atoms with E-state index >= 15 is 0 Å². The molecule has 1 rings (SSSR count). The molecule has 0 amide bonds. The third-order valence-corrected chi connectivity index (χ3v) is 2.30. The molecule has 0 aliphatic heterocycles. The Morgan fingerprint density at radius 2 is 1.89 bits per heavy atom. The van der Waals surface area contributed by atoms with Gasteiger partial charge in [-0.15, -0.1) is 0 Å². The zero-order chi connectivity index (χ0) is 13.5. The fraction of sp³-hybridized carbons (Fsp3) is 0.143. The molecule has 0 heterocycles. The van der Waals surface area contributed by atoms with Crippen molar-refractivity contribution in [3.8, 4) is 0 Å². The normalized spacial score (nSPS) is 11.2. The van der Waals surface area contributed by atoms with Crippen LogP contribution in [0.15, 0.2) is 36.4 Å². The minimum Gasteiger partial charge on any atom is -0.478 e. The van der Waals surface area contributed by atoms with Crippen molar-refractivity contribution in [2.75, 3.05) is 0 Å². The van der Waals surface area contributed by atoms with E-state index in [1.165, 1.54) is 12.1 Å². The molecule has 0 unspecified atom stereocenters. The van der Waals surface area contributed by atoms with E-state index in [0.717, 1.165) is 6.42 Å². The van der Waals surface area contributed by atoms with Gasteiger partial charge in [0, 0.05) is 0 Å². The lowest BCUT2D eigenvalue weighted by atomic mass is 10.0. The molecule has 18 heavy (non-hydrogen) atoms. The van der Waals surface area contributed by atoms with Gasteiger partial charge < -0.3 is 10.2 Å². The average Bonchev–Trinajstić information content (AvgIpc) is 2.33. The highest BCUT2D eigenvalue weighted by atomic mass is 16.4. The molecule has 1 aromatic carbocycles. The number of benzene rings is 1. The summed E-state index contributed by atoms with van der Waals surface area (Å²) in [6.45, 7) is 1.98. The van der Waals surface area contributed by atoms with Crippen molar-refractivity contribution < 1.29 is 19.8 Å². The second-order valence-electron chi connectivity index (χ2n) is 3.58. The molecule has 0 atom stereocenters. The first kappa shape index (κ1) is 13.7. The lowest BCUT2D eigenvalue weighted by Crippen LogP contribution is -2.09. The second-order valence-corrected chi connectivity index (χ2v) is 3.58. The van der Waals surface area contributed by atoms with E-state index in [-0.39, 0.29) is 11.1 Å². The largest absolute Gasteiger partial charge is 0.478 e. The fourth-order valence-electron chi connectivity index (χ4n) is 1.50. The van der Waals surface area contributed by atoms with Crippen molar-refractivity contribution in [1.29, 1.82) is 0 Å². The van der Waals surface area contributed by atoms with Crippen LogP contribution in [-0.4, -0.2) is 22.2 Å². The molecule has 0 saturated carbocycles. The van der Waals surface area contributed by atoms with E-state index in [0.29, 0.717) is 5.56 Å². The van der Waals surface area contributed by atoms with Crippen molar-refractivity contribution in [1.82, 2.24) is 0 Å². The lowest BCUT2D eigenvalue weighted by Gasteiger charge is -2.04. The van der Waals surface area contributed by atoms with E-state index in [1.807, 2.05) is 13.0 Å². The number of aromatic carboxylic acids is 2. The maximum Gasteiger partial charge on any atom is 0.337 e. The summed E-state index contributed by atoms with van der Waals surface area (Å²) in [5.74, 6) is -2.49. The van der Waals surface area contributed by atoms with Gasteiger partial charge in [-0.3, -0.25) is 0 Å². The SMILES string of the molecule is CCC=CC=Cc1cccc(C(=O)O)c1C(=O)O. The molecule has 0 aliphatic rings. The summed E-state index contributed by atoms with van der Waals surface area (Å²) in [7, 11) is 0. The molecule has 1 aromatic rings.